The Morgan fingerprint density at radius 3 is 1.86 bits per heavy atom. The predicted molar refractivity (Wildman–Crippen MR) is 214 cm³/mol. The van der Waals surface area contributed by atoms with Crippen LogP contribution >= 0.6 is 11.8 Å². The largest absolute Gasteiger partial charge is 0.308 e. The molecule has 0 atom stereocenters. The van der Waals surface area contributed by atoms with Gasteiger partial charge in [0.25, 0.3) is 0 Å². The second-order valence-electron chi connectivity index (χ2n) is 13.3. The number of rotatable bonds is 3. The van der Waals surface area contributed by atoms with Gasteiger partial charge in [0, 0.05) is 42.4 Å². The monoisotopic (exact) mass is 651 g/mol. The topological polar surface area (TPSA) is 4.93 Å². The Balaban J connectivity index is 1.10. The molecule has 2 heteroatoms. The van der Waals surface area contributed by atoms with Gasteiger partial charge in [-0.25, -0.2) is 0 Å². The highest BCUT2D eigenvalue weighted by atomic mass is 32.2. The molecule has 10 aromatic rings. The third-order valence-corrected chi connectivity index (χ3v) is 11.7. The molecule has 11 rings (SSSR count). The average molecular weight is 652 g/mol. The van der Waals surface area contributed by atoms with Gasteiger partial charge in [-0.1, -0.05) is 151 Å². The summed E-state index contributed by atoms with van der Waals surface area (Å²) in [7, 11) is 0. The first kappa shape index (κ1) is 27.8. The van der Waals surface area contributed by atoms with Crippen LogP contribution in [0.5, 0.6) is 0 Å². The molecule has 2 heterocycles. The molecule has 0 N–H and O–H groups in total. The van der Waals surface area contributed by atoms with Gasteiger partial charge in [0.2, 0.25) is 0 Å². The van der Waals surface area contributed by atoms with Crippen LogP contribution in [-0.4, -0.2) is 4.57 Å². The van der Waals surface area contributed by atoms with Gasteiger partial charge in [0.15, 0.2) is 0 Å². The Hall–Kier alpha value is -6.09. The quantitative estimate of drug-likeness (QED) is 0.184. The van der Waals surface area contributed by atoms with Gasteiger partial charge in [0.05, 0.1) is 11.0 Å². The van der Waals surface area contributed by atoms with E-state index in [0.717, 1.165) is 0 Å². The van der Waals surface area contributed by atoms with Gasteiger partial charge in [-0.05, 0) is 85.9 Å². The van der Waals surface area contributed by atoms with E-state index in [0.29, 0.717) is 0 Å². The molecule has 1 aliphatic rings. The number of para-hydroxylation sites is 1. The van der Waals surface area contributed by atoms with Crippen molar-refractivity contribution in [2.24, 2.45) is 0 Å². The fraction of sp³-hybridized carbons (Fsp3) is 0. The van der Waals surface area contributed by atoms with Crippen LogP contribution in [0.1, 0.15) is 0 Å². The number of fused-ring (bicyclic) bond motifs is 9. The molecule has 0 saturated heterocycles. The third-order valence-electron chi connectivity index (χ3n) is 10.6. The minimum Gasteiger partial charge on any atom is -0.308 e. The summed E-state index contributed by atoms with van der Waals surface area (Å²) in [5, 5.41) is 10.2. The minimum absolute atomic E-state index is 1.18. The molecule has 0 aliphatic carbocycles. The molecular formula is C48H29NS. The smallest absolute Gasteiger partial charge is 0.0620 e. The molecule has 0 radical (unpaired) electrons. The summed E-state index contributed by atoms with van der Waals surface area (Å²) in [5.74, 6) is 0. The van der Waals surface area contributed by atoms with Gasteiger partial charge < -0.3 is 4.57 Å². The zero-order valence-corrected chi connectivity index (χ0v) is 27.9. The maximum absolute atomic E-state index is 2.48. The molecule has 1 aromatic heterocycles. The summed E-state index contributed by atoms with van der Waals surface area (Å²) in [6.45, 7) is 0. The summed E-state index contributed by atoms with van der Waals surface area (Å²) < 4.78 is 2.48. The van der Waals surface area contributed by atoms with Crippen LogP contribution in [0.15, 0.2) is 186 Å². The molecule has 1 aliphatic heterocycles. The van der Waals surface area contributed by atoms with Crippen LogP contribution in [-0.2, 0) is 0 Å². The lowest BCUT2D eigenvalue weighted by Gasteiger charge is -2.21. The molecule has 0 unspecified atom stereocenters. The first-order valence-corrected chi connectivity index (χ1v) is 18.0. The van der Waals surface area contributed by atoms with E-state index >= 15 is 0 Å². The average Bonchev–Trinajstić information content (AvgIpc) is 3.53. The summed E-state index contributed by atoms with van der Waals surface area (Å²) in [4.78, 5) is 2.66. The van der Waals surface area contributed by atoms with Gasteiger partial charge >= 0.3 is 0 Å². The lowest BCUT2D eigenvalue weighted by molar-refractivity contribution is 1.19. The van der Waals surface area contributed by atoms with Gasteiger partial charge in [0.1, 0.15) is 0 Å². The Morgan fingerprint density at radius 2 is 1.00 bits per heavy atom. The number of nitrogens with zero attached hydrogens (tertiary/aromatic N) is 1. The molecule has 9 aromatic carbocycles. The predicted octanol–water partition coefficient (Wildman–Crippen LogP) is 13.7. The lowest BCUT2D eigenvalue weighted by atomic mass is 9.92. The van der Waals surface area contributed by atoms with Crippen molar-refractivity contribution in [1.29, 1.82) is 0 Å². The van der Waals surface area contributed by atoms with Crippen molar-refractivity contribution in [2.45, 2.75) is 9.79 Å². The van der Waals surface area contributed by atoms with Gasteiger partial charge in [-0.2, -0.15) is 0 Å². The van der Waals surface area contributed by atoms with Gasteiger partial charge in [-0.3, -0.25) is 0 Å². The van der Waals surface area contributed by atoms with Crippen LogP contribution in [0.25, 0.3) is 93.2 Å². The summed E-state index contributed by atoms with van der Waals surface area (Å²) in [5.41, 5.74) is 11.3. The van der Waals surface area contributed by atoms with Crippen molar-refractivity contribution in [2.75, 3.05) is 0 Å². The van der Waals surface area contributed by atoms with Crippen LogP contribution < -0.4 is 0 Å². The van der Waals surface area contributed by atoms with Crippen molar-refractivity contribution in [3.8, 4) is 39.1 Å². The minimum atomic E-state index is 1.18. The molecule has 232 valence electrons. The van der Waals surface area contributed by atoms with E-state index in [1.165, 1.54) is 103 Å². The Bertz CT molecular complexity index is 2980. The van der Waals surface area contributed by atoms with Crippen LogP contribution in [0.4, 0.5) is 0 Å². The van der Waals surface area contributed by atoms with Crippen molar-refractivity contribution in [1.82, 2.24) is 4.57 Å². The summed E-state index contributed by atoms with van der Waals surface area (Å²) in [6, 6.07) is 65.0. The number of hydrogen-bond acceptors (Lipinski definition) is 1. The van der Waals surface area contributed by atoms with Crippen LogP contribution in [0, 0.1) is 0 Å². The SMILES string of the molecule is c1ccc(-n2c3c4ccccc4ccc3c3cc(-c4ccc(-c5ccc6c(c5)-c5cccc7cccc(c57)S6)cc4)c4ccccc4c32)cc1. The van der Waals surface area contributed by atoms with Crippen LogP contribution in [0.3, 0.4) is 0 Å². The highest BCUT2D eigenvalue weighted by molar-refractivity contribution is 7.99. The van der Waals surface area contributed by atoms with E-state index in [4.69, 9.17) is 0 Å². The molecule has 0 fully saturated rings. The zero-order valence-electron chi connectivity index (χ0n) is 27.1. The Labute approximate surface area is 294 Å². The van der Waals surface area contributed by atoms with Crippen molar-refractivity contribution >= 4 is 65.9 Å². The number of benzene rings is 9. The number of hydrogen-bond donors (Lipinski definition) is 0. The summed E-state index contributed by atoms with van der Waals surface area (Å²) >= 11 is 1.88. The zero-order chi connectivity index (χ0) is 32.8. The standard InChI is InChI=1S/C48H29NS/c1-2-13-35(14-3-1)49-47-36-15-5-4-10-31(36)24-26-40(47)43-29-41(37-16-6-7-17-39(37)48(43)49)32-22-20-30(21-23-32)34-25-27-44-42(28-34)38-18-8-11-33-12-9-19-45(50-44)46(33)38/h1-29H. The Morgan fingerprint density at radius 1 is 0.340 bits per heavy atom. The highest BCUT2D eigenvalue weighted by Crippen LogP contribution is 2.49. The second kappa shape index (κ2) is 10.7. The van der Waals surface area contributed by atoms with Crippen molar-refractivity contribution in [3.05, 3.63) is 176 Å². The lowest BCUT2D eigenvalue weighted by Crippen LogP contribution is -1.95. The molecule has 50 heavy (non-hydrogen) atoms. The van der Waals surface area contributed by atoms with Crippen molar-refractivity contribution < 1.29 is 0 Å². The van der Waals surface area contributed by atoms with E-state index in [-0.39, 0.29) is 0 Å². The van der Waals surface area contributed by atoms with E-state index in [1.807, 2.05) is 11.8 Å². The third kappa shape index (κ3) is 4.03. The molecule has 1 nitrogen and oxygen atoms in total. The second-order valence-corrected chi connectivity index (χ2v) is 14.4. The van der Waals surface area contributed by atoms with E-state index < -0.39 is 0 Å². The normalized spacial score (nSPS) is 12.3. The van der Waals surface area contributed by atoms with Crippen molar-refractivity contribution in [3.63, 3.8) is 0 Å². The van der Waals surface area contributed by atoms with Gasteiger partial charge in [-0.15, -0.1) is 0 Å². The van der Waals surface area contributed by atoms with E-state index in [2.05, 4.69) is 180 Å². The summed E-state index contributed by atoms with van der Waals surface area (Å²) in [6.07, 6.45) is 0. The van der Waals surface area contributed by atoms with E-state index in [1.54, 1.807) is 0 Å². The molecule has 0 amide bonds. The van der Waals surface area contributed by atoms with E-state index in [9.17, 15) is 0 Å². The fourth-order valence-electron chi connectivity index (χ4n) is 8.29. The fourth-order valence-corrected chi connectivity index (χ4v) is 9.42. The maximum atomic E-state index is 2.48. The number of aromatic nitrogens is 1. The molecule has 0 saturated carbocycles. The highest BCUT2D eigenvalue weighted by Gasteiger charge is 2.21. The first-order chi connectivity index (χ1) is 24.8. The first-order valence-electron chi connectivity index (χ1n) is 17.2. The van der Waals surface area contributed by atoms with Crippen LogP contribution in [0.2, 0.25) is 0 Å². The maximum Gasteiger partial charge on any atom is 0.0620 e. The molecule has 0 bridgehead atoms. The molecular weight excluding hydrogens is 623 g/mol. The Kier molecular flexibility index (Phi) is 5.96. The molecule has 0 spiro atoms.